The number of rotatable bonds is 5. The number of benzene rings is 1. The number of amides is 1. The third kappa shape index (κ3) is 4.35. The van der Waals surface area contributed by atoms with Gasteiger partial charge in [0.15, 0.2) is 0 Å². The predicted octanol–water partition coefficient (Wildman–Crippen LogP) is 3.10. The monoisotopic (exact) mass is 271 g/mol. The zero-order valence-corrected chi connectivity index (χ0v) is 10.4. The van der Waals surface area contributed by atoms with Crippen LogP contribution in [0.5, 0.6) is 0 Å². The Balaban J connectivity index is 2.56. The summed E-state index contributed by atoms with van der Waals surface area (Å²) >= 11 is 0. The van der Waals surface area contributed by atoms with Crippen LogP contribution in [0.4, 0.5) is 5.69 Å². The lowest BCUT2D eigenvalue weighted by molar-refractivity contribution is -0.120. The zero-order chi connectivity index (χ0) is 23.4. The molecule has 0 atom stereocenters. The molecule has 2 rings (SSSR count). The highest BCUT2D eigenvalue weighted by molar-refractivity contribution is 5.92. The van der Waals surface area contributed by atoms with Gasteiger partial charge in [-0.25, -0.2) is 0 Å². The van der Waals surface area contributed by atoms with E-state index in [9.17, 15) is 4.79 Å². The molecule has 3 heteroatoms. The minimum absolute atomic E-state index is 0.0856. The quantitative estimate of drug-likeness (QED) is 0.864. The summed E-state index contributed by atoms with van der Waals surface area (Å²) in [7, 11) is 0. The second kappa shape index (κ2) is 7.29. The lowest BCUT2D eigenvalue weighted by Crippen LogP contribution is -2.24. The minimum Gasteiger partial charge on any atom is -0.330 e. The molecule has 0 radical (unpaired) electrons. The molecule has 1 aliphatic carbocycles. The summed E-state index contributed by atoms with van der Waals surface area (Å²) in [6, 6.07) is 6.23. The highest BCUT2D eigenvalue weighted by Crippen LogP contribution is 2.25. The molecule has 104 valence electrons. The molecule has 0 saturated heterocycles. The van der Waals surface area contributed by atoms with Crippen LogP contribution in [0.15, 0.2) is 24.3 Å². The second-order valence-electron chi connectivity index (χ2n) is 4.05. The number of anilines is 1. The van der Waals surface area contributed by atoms with Gasteiger partial charge in [-0.2, -0.15) is 0 Å². The lowest BCUT2D eigenvalue weighted by atomic mass is 9.88. The van der Waals surface area contributed by atoms with Crippen molar-refractivity contribution in [3.05, 3.63) is 29.8 Å². The van der Waals surface area contributed by atoms with E-state index in [2.05, 4.69) is 5.32 Å². The van der Waals surface area contributed by atoms with Crippen molar-refractivity contribution in [3.63, 3.8) is 0 Å². The summed E-state index contributed by atoms with van der Waals surface area (Å²) in [6.07, 6.45) is -17.3. The Morgan fingerprint density at radius 2 is 2.21 bits per heavy atom. The van der Waals surface area contributed by atoms with Gasteiger partial charge in [-0.1, -0.05) is 31.3 Å². The molecule has 0 aromatic heterocycles. The van der Waals surface area contributed by atoms with Crippen LogP contribution in [0, 0.1) is 5.89 Å². The Hall–Kier alpha value is -1.35. The number of nitrogens with one attached hydrogen (secondary N) is 1. The lowest BCUT2D eigenvalue weighted by Gasteiger charge is -2.20. The molecule has 1 aromatic rings. The van der Waals surface area contributed by atoms with Crippen molar-refractivity contribution in [1.29, 1.82) is 0 Å². The van der Waals surface area contributed by atoms with Gasteiger partial charge < -0.3 is 11.1 Å². The first-order valence-corrected chi connectivity index (χ1v) is 6.04. The fourth-order valence-corrected chi connectivity index (χ4v) is 1.67. The molecule has 0 heterocycles. The van der Waals surface area contributed by atoms with E-state index in [0.29, 0.717) is 19.4 Å². The minimum atomic E-state index is -3.72. The highest BCUT2D eigenvalue weighted by Gasteiger charge is 2.20. The standard InChI is InChI=1S/C16H24N2O/c17-11-5-7-13-6-4-10-15(12-13)18-16(19)14-8-2-1-3-9-14/h4,6,10,12,14H,1-3,5,7-9,11,17H2,(H,18,19)/i1D2,2D2,3D2,8D2,9D2,14D. The van der Waals surface area contributed by atoms with Gasteiger partial charge >= 0.3 is 0 Å². The van der Waals surface area contributed by atoms with Crippen molar-refractivity contribution < 1.29 is 19.9 Å². The Kier molecular flexibility index (Phi) is 2.14. The molecule has 1 fully saturated rings. The van der Waals surface area contributed by atoms with Crippen LogP contribution in [0.1, 0.15) is 58.9 Å². The van der Waals surface area contributed by atoms with Gasteiger partial charge in [0.1, 0.15) is 0 Å². The molecule has 3 nitrogen and oxygen atoms in total. The van der Waals surface area contributed by atoms with Gasteiger partial charge in [0.2, 0.25) is 5.91 Å². The SMILES string of the molecule is [2H]C1([2H])C([2H])([2H])C([2H])([2H])C([2H])(C(=O)Nc2cccc(CCCN)c2)C([2H])([2H])C1([2H])[2H]. The van der Waals surface area contributed by atoms with Gasteiger partial charge in [0.05, 0.1) is 0 Å². The number of nitrogens with two attached hydrogens (primary N) is 1. The Morgan fingerprint density at radius 1 is 1.42 bits per heavy atom. The van der Waals surface area contributed by atoms with Gasteiger partial charge in [0, 0.05) is 26.7 Å². The highest BCUT2D eigenvalue weighted by atomic mass is 16.1. The molecule has 0 aliphatic heterocycles. The van der Waals surface area contributed by atoms with Crippen LogP contribution < -0.4 is 11.1 Å². The van der Waals surface area contributed by atoms with Crippen molar-refractivity contribution in [2.45, 2.75) is 44.7 Å². The normalized spacial score (nSPS) is 39.7. The molecule has 0 spiro atoms. The van der Waals surface area contributed by atoms with Gasteiger partial charge in [-0.3, -0.25) is 4.79 Å². The summed E-state index contributed by atoms with van der Waals surface area (Å²) < 4.78 is 87.9. The van der Waals surface area contributed by atoms with Crippen LogP contribution in [-0.4, -0.2) is 12.5 Å². The largest absolute Gasteiger partial charge is 0.330 e. The molecular weight excluding hydrogens is 236 g/mol. The van der Waals surface area contributed by atoms with Crippen LogP contribution in [0.2, 0.25) is 0 Å². The van der Waals surface area contributed by atoms with Crippen LogP contribution in [0.3, 0.4) is 0 Å². The van der Waals surface area contributed by atoms with Crippen molar-refractivity contribution in [2.24, 2.45) is 11.6 Å². The maximum Gasteiger partial charge on any atom is 0.227 e. The first kappa shape index (κ1) is 5.57. The van der Waals surface area contributed by atoms with Crippen LogP contribution in [-0.2, 0) is 11.2 Å². The average Bonchev–Trinajstić information content (AvgIpc) is 2.64. The summed E-state index contributed by atoms with van der Waals surface area (Å²) in [5.41, 5.74) is 6.31. The maximum absolute atomic E-state index is 13.0. The zero-order valence-electron chi connectivity index (χ0n) is 21.4. The molecule has 1 amide bonds. The third-order valence-electron chi connectivity index (χ3n) is 2.58. The summed E-state index contributed by atoms with van der Waals surface area (Å²) in [5, 5.41) is 2.19. The van der Waals surface area contributed by atoms with E-state index in [1.165, 1.54) is 12.1 Å². The topological polar surface area (TPSA) is 55.1 Å². The van der Waals surface area contributed by atoms with Crippen molar-refractivity contribution in [2.75, 3.05) is 11.9 Å². The summed E-state index contributed by atoms with van der Waals surface area (Å²) in [6.45, 7) is 0.430. The first-order valence-electron chi connectivity index (χ1n) is 11.5. The molecule has 19 heavy (non-hydrogen) atoms. The van der Waals surface area contributed by atoms with Crippen molar-refractivity contribution in [3.8, 4) is 0 Å². The van der Waals surface area contributed by atoms with Crippen molar-refractivity contribution >= 4 is 11.6 Å². The average molecular weight is 271 g/mol. The first-order chi connectivity index (χ1) is 13.4. The Morgan fingerprint density at radius 3 is 2.95 bits per heavy atom. The van der Waals surface area contributed by atoms with Crippen LogP contribution in [0.25, 0.3) is 0 Å². The van der Waals surface area contributed by atoms with Crippen LogP contribution >= 0.6 is 0 Å². The molecule has 0 unspecified atom stereocenters. The third-order valence-corrected chi connectivity index (χ3v) is 2.58. The van der Waals surface area contributed by atoms with E-state index in [0.717, 1.165) is 5.56 Å². The fraction of sp³-hybridized carbons (Fsp3) is 0.562. The molecule has 3 N–H and O–H groups in total. The van der Waals surface area contributed by atoms with E-state index >= 15 is 0 Å². The van der Waals surface area contributed by atoms with E-state index in [1.54, 1.807) is 12.1 Å². The Bertz CT molecular complexity index is 795. The van der Waals surface area contributed by atoms with Gasteiger partial charge in [-0.05, 0) is 49.8 Å². The second-order valence-corrected chi connectivity index (χ2v) is 4.05. The number of hydrogen-bond donors (Lipinski definition) is 2. The number of carbonyl (C=O) groups is 1. The number of carbonyl (C=O) groups excluding carboxylic acids is 1. The van der Waals surface area contributed by atoms with Crippen molar-refractivity contribution in [1.82, 2.24) is 0 Å². The van der Waals surface area contributed by atoms with E-state index in [1.807, 2.05) is 0 Å². The summed E-state index contributed by atoms with van der Waals surface area (Å²) in [5.74, 6) is -5.26. The molecule has 1 aromatic carbocycles. The van der Waals surface area contributed by atoms with Gasteiger partial charge in [0.25, 0.3) is 0 Å². The fourth-order valence-electron chi connectivity index (χ4n) is 1.67. The Labute approximate surface area is 131 Å². The number of hydrogen-bond acceptors (Lipinski definition) is 2. The van der Waals surface area contributed by atoms with Gasteiger partial charge in [-0.15, -0.1) is 0 Å². The molecule has 1 aliphatic rings. The van der Waals surface area contributed by atoms with E-state index in [4.69, 9.17) is 20.8 Å². The summed E-state index contributed by atoms with van der Waals surface area (Å²) in [4.78, 5) is 13.0. The number of aryl methyl sites for hydroxylation is 1. The molecular formula is C16H24N2O. The smallest absolute Gasteiger partial charge is 0.227 e. The molecule has 1 saturated carbocycles. The van der Waals surface area contributed by atoms with E-state index in [-0.39, 0.29) is 5.69 Å². The maximum atomic E-state index is 13.0. The van der Waals surface area contributed by atoms with E-state index < -0.39 is 43.7 Å². The molecule has 0 bridgehead atoms. The predicted molar refractivity (Wildman–Crippen MR) is 79.0 cm³/mol.